The minimum atomic E-state index is -2.35. The number of aliphatic hydroxyl groups excluding tert-OH is 1. The number of carbonyl (C=O) groups is 5. The standard InChI is InChI=1S/C50H67F3N4O8S2/c1-5-34(6-2)66-27-43(61)55-26-42(60)57-39(9-7-8-20-54)44(62)56-32-16-12-30(13-17-32)21-29-10-14-31(15-11-29)45-64-41-24-35-36-23-38(52)37-22-33(58)18-19-47(37,3)49(36,53)40(59)25-48(35,4)50(41,65-45)46(63)67-28-51/h5,10-11,14-15,18-19,22,30,32,35-36,38-41,45,59H,6-9,12-13,16-17,20-21,23-28,54H2,1-4H3,(H,55,61)(H,56,62)(H,57,60)/b34-5-/t30?,32?,35-,36-,38-,39-,40-,41+,45+,47-,48-,49-,50-/m0/s1. The minimum absolute atomic E-state index is 0.00875. The zero-order chi connectivity index (χ0) is 48.3. The Hall–Kier alpha value is -3.48. The number of hydrogen-bond acceptors (Lipinski definition) is 11. The molecule has 1 aromatic rings. The van der Waals surface area contributed by atoms with Crippen molar-refractivity contribution in [1.29, 1.82) is 0 Å². The Balaban J connectivity index is 0.945. The molecule has 17 heteroatoms. The van der Waals surface area contributed by atoms with Gasteiger partial charge in [-0.1, -0.05) is 62.0 Å². The van der Waals surface area contributed by atoms with Crippen LogP contribution in [0.1, 0.15) is 116 Å². The second-order valence-electron chi connectivity index (χ2n) is 19.7. The first-order chi connectivity index (χ1) is 32.0. The molecule has 0 unspecified atom stereocenters. The normalized spacial score (nSPS) is 35.9. The molecule has 6 aliphatic rings. The van der Waals surface area contributed by atoms with E-state index in [1.807, 2.05) is 44.2 Å². The van der Waals surface area contributed by atoms with Crippen LogP contribution in [-0.2, 0) is 39.9 Å². The number of nitrogens with two attached hydrogens (primary N) is 1. The molecule has 5 aliphatic carbocycles. The summed E-state index contributed by atoms with van der Waals surface area (Å²) in [5.74, 6) is -2.51. The number of carbonyl (C=O) groups excluding carboxylic acids is 5. The van der Waals surface area contributed by atoms with Crippen LogP contribution in [0.4, 0.5) is 13.2 Å². The monoisotopic (exact) mass is 972 g/mol. The number of aliphatic hydroxyl groups is 1. The Morgan fingerprint density at radius 3 is 2.43 bits per heavy atom. The lowest BCUT2D eigenvalue weighted by Crippen LogP contribution is -2.70. The van der Waals surface area contributed by atoms with Gasteiger partial charge in [0.15, 0.2) is 23.3 Å². The van der Waals surface area contributed by atoms with Gasteiger partial charge in [0.25, 0.3) is 0 Å². The van der Waals surface area contributed by atoms with Gasteiger partial charge in [0.1, 0.15) is 18.2 Å². The molecule has 368 valence electrons. The number of rotatable bonds is 18. The molecule has 0 aromatic heterocycles. The summed E-state index contributed by atoms with van der Waals surface area (Å²) in [4.78, 5) is 66.1. The Labute approximate surface area is 400 Å². The van der Waals surface area contributed by atoms with Gasteiger partial charge >= 0.3 is 0 Å². The molecule has 5 fully saturated rings. The van der Waals surface area contributed by atoms with Gasteiger partial charge in [-0.15, -0.1) is 11.8 Å². The van der Waals surface area contributed by atoms with E-state index in [1.165, 1.54) is 30.8 Å². The van der Waals surface area contributed by atoms with Gasteiger partial charge in [0.05, 0.1) is 24.5 Å². The quantitative estimate of drug-likeness (QED) is 0.0960. The summed E-state index contributed by atoms with van der Waals surface area (Å²) in [5.41, 5.74) is 0.512. The number of ether oxygens (including phenoxy) is 2. The Bertz CT molecular complexity index is 2120. The van der Waals surface area contributed by atoms with Gasteiger partial charge in [0, 0.05) is 28.4 Å². The molecule has 1 aliphatic heterocycles. The first-order valence-electron chi connectivity index (χ1n) is 23.9. The van der Waals surface area contributed by atoms with E-state index in [9.17, 15) is 33.5 Å². The van der Waals surface area contributed by atoms with E-state index in [1.54, 1.807) is 6.92 Å². The highest BCUT2D eigenvalue weighted by Gasteiger charge is 2.80. The van der Waals surface area contributed by atoms with Crippen LogP contribution in [0.5, 0.6) is 0 Å². The van der Waals surface area contributed by atoms with E-state index >= 15 is 8.78 Å². The average Bonchev–Trinajstić information content (AvgIpc) is 3.81. The fourth-order valence-corrected chi connectivity index (χ4v) is 13.9. The van der Waals surface area contributed by atoms with Gasteiger partial charge in [-0.25, -0.2) is 13.2 Å². The Kier molecular flexibility index (Phi) is 16.3. The molecule has 4 saturated carbocycles. The van der Waals surface area contributed by atoms with E-state index in [0.717, 1.165) is 55.1 Å². The lowest BCUT2D eigenvalue weighted by molar-refractivity contribution is -0.232. The highest BCUT2D eigenvalue weighted by atomic mass is 32.2. The first-order valence-corrected chi connectivity index (χ1v) is 25.9. The SMILES string of the molecule is C/C=C(/CC)SCC(=O)NCC(=O)N[C@@H](CCCCN)C(=O)NC1CCC(Cc2ccc([C@@H]3O[C@@H]4C[C@H]5[C@@H]6C[C@H](F)C7=CC(=O)C=C[C@]7(C)[C@@]6(F)[C@@H](O)C[C@]5(C)[C@]4(C(=O)SCF)O3)cc2)CC1. The number of ketones is 1. The topological polar surface area (TPSA) is 186 Å². The van der Waals surface area contributed by atoms with E-state index in [-0.39, 0.29) is 55.0 Å². The molecule has 0 radical (unpaired) electrons. The van der Waals surface area contributed by atoms with Crippen molar-refractivity contribution in [2.75, 3.05) is 24.8 Å². The molecule has 12 nitrogen and oxygen atoms in total. The molecule has 67 heavy (non-hydrogen) atoms. The predicted octanol–water partition coefficient (Wildman–Crippen LogP) is 6.95. The number of benzene rings is 1. The van der Waals surface area contributed by atoms with Crippen LogP contribution in [-0.4, -0.2) is 100 Å². The molecule has 0 spiro atoms. The number of hydrogen-bond donors (Lipinski definition) is 5. The van der Waals surface area contributed by atoms with Crippen molar-refractivity contribution in [3.05, 3.63) is 70.2 Å². The van der Waals surface area contributed by atoms with Crippen molar-refractivity contribution in [3.63, 3.8) is 0 Å². The summed E-state index contributed by atoms with van der Waals surface area (Å²) in [6.07, 6.45) is 6.84. The minimum Gasteiger partial charge on any atom is -0.390 e. The molecule has 0 bridgehead atoms. The van der Waals surface area contributed by atoms with Crippen LogP contribution in [0.3, 0.4) is 0 Å². The lowest BCUT2D eigenvalue weighted by Gasteiger charge is -2.63. The molecule has 11 atom stereocenters. The summed E-state index contributed by atoms with van der Waals surface area (Å²) in [7, 11) is 0. The number of allylic oxidation sites excluding steroid dienone is 6. The predicted molar refractivity (Wildman–Crippen MR) is 252 cm³/mol. The van der Waals surface area contributed by atoms with Crippen LogP contribution < -0.4 is 21.7 Å². The molecule has 1 saturated heterocycles. The third kappa shape index (κ3) is 9.84. The van der Waals surface area contributed by atoms with Crippen LogP contribution >= 0.6 is 23.5 Å². The number of unbranched alkanes of at least 4 members (excludes halogenated alkanes) is 1. The molecule has 6 N–H and O–H groups in total. The van der Waals surface area contributed by atoms with E-state index in [0.29, 0.717) is 49.1 Å². The number of halogens is 3. The van der Waals surface area contributed by atoms with E-state index in [2.05, 4.69) is 16.0 Å². The number of amides is 3. The Morgan fingerprint density at radius 1 is 1.03 bits per heavy atom. The van der Waals surface area contributed by atoms with Gasteiger partial charge in [-0.05, 0) is 137 Å². The van der Waals surface area contributed by atoms with Gasteiger partial charge in [-0.2, -0.15) is 0 Å². The van der Waals surface area contributed by atoms with Crippen molar-refractivity contribution in [2.24, 2.45) is 34.3 Å². The summed E-state index contributed by atoms with van der Waals surface area (Å²) in [6, 6.07) is 5.92. The fourth-order valence-electron chi connectivity index (χ4n) is 12.3. The number of nitrogens with one attached hydrogen (secondary N) is 3. The number of thioether (sulfide) groups is 2. The Morgan fingerprint density at radius 2 is 1.76 bits per heavy atom. The van der Waals surface area contributed by atoms with Crippen molar-refractivity contribution >= 4 is 52.1 Å². The zero-order valence-electron chi connectivity index (χ0n) is 39.0. The van der Waals surface area contributed by atoms with Crippen molar-refractivity contribution < 1.29 is 51.7 Å². The van der Waals surface area contributed by atoms with Gasteiger partial charge in [0.2, 0.25) is 22.8 Å². The van der Waals surface area contributed by atoms with Crippen molar-refractivity contribution in [3.8, 4) is 0 Å². The van der Waals surface area contributed by atoms with Crippen LogP contribution in [0, 0.1) is 28.6 Å². The third-order valence-electron chi connectivity index (χ3n) is 15.9. The molecule has 1 heterocycles. The van der Waals surface area contributed by atoms with Crippen LogP contribution in [0.25, 0.3) is 0 Å². The van der Waals surface area contributed by atoms with Crippen molar-refractivity contribution in [2.45, 2.75) is 153 Å². The zero-order valence-corrected chi connectivity index (χ0v) is 40.6. The van der Waals surface area contributed by atoms with Gasteiger partial charge in [-0.3, -0.25) is 24.0 Å². The number of alkyl halides is 3. The van der Waals surface area contributed by atoms with Crippen molar-refractivity contribution in [1.82, 2.24) is 16.0 Å². The lowest BCUT2D eigenvalue weighted by atomic mass is 9.44. The maximum atomic E-state index is 17.8. The van der Waals surface area contributed by atoms with Crippen LogP contribution in [0.15, 0.2) is 59.0 Å². The smallest absolute Gasteiger partial charge is 0.242 e. The maximum Gasteiger partial charge on any atom is 0.242 e. The highest BCUT2D eigenvalue weighted by Crippen LogP contribution is 2.73. The van der Waals surface area contributed by atoms with E-state index in [4.69, 9.17) is 15.2 Å². The maximum absolute atomic E-state index is 17.8. The molecule has 1 aromatic carbocycles. The average molecular weight is 973 g/mol. The second kappa shape index (κ2) is 21.3. The summed E-state index contributed by atoms with van der Waals surface area (Å²) in [6.45, 7) is 7.47. The van der Waals surface area contributed by atoms with E-state index < -0.39 is 87.5 Å². The summed E-state index contributed by atoms with van der Waals surface area (Å²) < 4.78 is 61.0. The first kappa shape index (κ1) is 51.4. The highest BCUT2D eigenvalue weighted by molar-refractivity contribution is 8.13. The third-order valence-corrected chi connectivity index (χ3v) is 17.9. The largest absolute Gasteiger partial charge is 0.390 e. The number of fused-ring (bicyclic) bond motifs is 7. The summed E-state index contributed by atoms with van der Waals surface area (Å²) >= 11 is 1.89. The molecule has 3 amide bonds. The van der Waals surface area contributed by atoms with Gasteiger partial charge < -0.3 is 36.3 Å². The molecular weight excluding hydrogens is 906 g/mol. The molecular formula is C50H67F3N4O8S2. The second-order valence-corrected chi connectivity index (χ2v) is 21.7. The summed E-state index contributed by atoms with van der Waals surface area (Å²) in [5, 5.41) is 19.9. The molecule has 7 rings (SSSR count). The van der Waals surface area contributed by atoms with Crippen LogP contribution in [0.2, 0.25) is 0 Å². The fraction of sp³-hybridized carbons (Fsp3) is 0.660.